The van der Waals surface area contributed by atoms with Crippen LogP contribution < -0.4 is 16.0 Å². The van der Waals surface area contributed by atoms with E-state index in [0.717, 1.165) is 23.4 Å². The Balaban J connectivity index is 1.69. The number of nitrogens with one attached hydrogen (secondary N) is 3. The molecule has 1 aliphatic heterocycles. The summed E-state index contributed by atoms with van der Waals surface area (Å²) in [4.78, 5) is 16.3. The van der Waals surface area contributed by atoms with Gasteiger partial charge in [0.25, 0.3) is 0 Å². The normalized spacial score (nSPS) is 16.8. The van der Waals surface area contributed by atoms with E-state index < -0.39 is 11.7 Å². The minimum Gasteiger partial charge on any atom is -0.357 e. The monoisotopic (exact) mass is 404 g/mol. The highest BCUT2D eigenvalue weighted by Crippen LogP contribution is 2.31. The van der Waals surface area contributed by atoms with E-state index in [9.17, 15) is 18.0 Å². The quantitative estimate of drug-likeness (QED) is 0.523. The van der Waals surface area contributed by atoms with Crippen molar-refractivity contribution in [2.24, 2.45) is 4.99 Å². The number of rotatable bonds is 5. The first-order valence-corrected chi connectivity index (χ1v) is 9.44. The van der Waals surface area contributed by atoms with E-state index in [4.69, 9.17) is 0 Å². The maximum absolute atomic E-state index is 12.9. The van der Waals surface area contributed by atoms with Gasteiger partial charge in [-0.15, -0.1) is 0 Å². The highest BCUT2D eigenvalue weighted by Gasteiger charge is 2.30. The molecule has 1 amide bonds. The van der Waals surface area contributed by atoms with Crippen LogP contribution in [0, 0.1) is 0 Å². The van der Waals surface area contributed by atoms with Crippen LogP contribution in [0.15, 0.2) is 53.5 Å². The third-order valence-electron chi connectivity index (χ3n) is 4.64. The van der Waals surface area contributed by atoms with Gasteiger partial charge in [-0.2, -0.15) is 13.2 Å². The Labute approximate surface area is 167 Å². The van der Waals surface area contributed by atoms with Crippen LogP contribution in [0.2, 0.25) is 0 Å². The Kier molecular flexibility index (Phi) is 6.41. The van der Waals surface area contributed by atoms with Crippen LogP contribution in [0.25, 0.3) is 0 Å². The molecule has 2 aromatic carbocycles. The summed E-state index contributed by atoms with van der Waals surface area (Å²) in [5, 5.41) is 9.15. The smallest absolute Gasteiger partial charge is 0.357 e. The van der Waals surface area contributed by atoms with Gasteiger partial charge in [-0.3, -0.25) is 4.79 Å². The van der Waals surface area contributed by atoms with Crippen molar-refractivity contribution in [3.8, 4) is 0 Å². The molecule has 1 heterocycles. The van der Waals surface area contributed by atoms with E-state index >= 15 is 0 Å². The van der Waals surface area contributed by atoms with Gasteiger partial charge >= 0.3 is 6.18 Å². The molecule has 1 unspecified atom stereocenters. The predicted molar refractivity (Wildman–Crippen MR) is 107 cm³/mol. The number of alkyl halides is 3. The number of aliphatic imine (C=N–C) groups is 1. The summed E-state index contributed by atoms with van der Waals surface area (Å²) in [7, 11) is 0. The number of para-hydroxylation sites is 1. The summed E-state index contributed by atoms with van der Waals surface area (Å²) in [5.41, 5.74) is 1.64. The first kappa shape index (κ1) is 20.7. The summed E-state index contributed by atoms with van der Waals surface area (Å²) in [6.07, 6.45) is -4.02. The van der Waals surface area contributed by atoms with Gasteiger partial charge in [0.2, 0.25) is 5.91 Å². The number of nitrogens with zero attached hydrogens (tertiary/aromatic N) is 1. The van der Waals surface area contributed by atoms with Gasteiger partial charge in [-0.05, 0) is 36.2 Å². The molecule has 0 saturated heterocycles. The lowest BCUT2D eigenvalue weighted by atomic mass is 9.90. The first-order chi connectivity index (χ1) is 13.9. The Hall–Kier alpha value is -3.03. The Morgan fingerprint density at radius 2 is 1.97 bits per heavy atom. The highest BCUT2D eigenvalue weighted by molar-refractivity contribution is 5.94. The molecule has 0 bridgehead atoms. The molecule has 0 saturated carbocycles. The van der Waals surface area contributed by atoms with Crippen molar-refractivity contribution in [2.75, 3.05) is 18.4 Å². The van der Waals surface area contributed by atoms with Crippen molar-refractivity contribution in [3.05, 3.63) is 65.2 Å². The SMILES string of the molecule is CCNC(=NCc1cccc(C(F)(F)F)c1)NCC1CC(=O)Nc2ccccc21. The number of hydrogen-bond donors (Lipinski definition) is 3. The van der Waals surface area contributed by atoms with Gasteiger partial charge in [0.15, 0.2) is 5.96 Å². The van der Waals surface area contributed by atoms with Crippen LogP contribution >= 0.6 is 0 Å². The summed E-state index contributed by atoms with van der Waals surface area (Å²) in [6.45, 7) is 3.11. The zero-order valence-corrected chi connectivity index (χ0v) is 16.0. The molecule has 0 fully saturated rings. The van der Waals surface area contributed by atoms with Crippen molar-refractivity contribution in [3.63, 3.8) is 0 Å². The van der Waals surface area contributed by atoms with Crippen molar-refractivity contribution in [2.45, 2.75) is 32.0 Å². The van der Waals surface area contributed by atoms with Crippen LogP contribution in [0.4, 0.5) is 18.9 Å². The van der Waals surface area contributed by atoms with Crippen LogP contribution in [0.1, 0.15) is 36.0 Å². The van der Waals surface area contributed by atoms with Crippen LogP contribution in [-0.2, 0) is 17.5 Å². The van der Waals surface area contributed by atoms with Gasteiger partial charge in [0.1, 0.15) is 0 Å². The maximum atomic E-state index is 12.9. The molecule has 29 heavy (non-hydrogen) atoms. The third kappa shape index (κ3) is 5.49. The lowest BCUT2D eigenvalue weighted by Gasteiger charge is -2.26. The molecule has 3 N–H and O–H groups in total. The summed E-state index contributed by atoms with van der Waals surface area (Å²) in [6, 6.07) is 12.8. The van der Waals surface area contributed by atoms with Gasteiger partial charge in [0, 0.05) is 31.1 Å². The molecular formula is C21H23F3N4O. The number of amides is 1. The number of anilines is 1. The molecule has 8 heteroatoms. The van der Waals surface area contributed by atoms with Crippen LogP contribution in [-0.4, -0.2) is 25.0 Å². The van der Waals surface area contributed by atoms with Crippen LogP contribution in [0.5, 0.6) is 0 Å². The molecule has 0 aromatic heterocycles. The maximum Gasteiger partial charge on any atom is 0.416 e. The predicted octanol–water partition coefficient (Wildman–Crippen LogP) is 3.89. The second-order valence-corrected chi connectivity index (χ2v) is 6.81. The number of fused-ring (bicyclic) bond motifs is 1. The fraction of sp³-hybridized carbons (Fsp3) is 0.333. The van der Waals surface area contributed by atoms with Crippen molar-refractivity contribution < 1.29 is 18.0 Å². The second-order valence-electron chi connectivity index (χ2n) is 6.81. The van der Waals surface area contributed by atoms with E-state index in [2.05, 4.69) is 20.9 Å². The Bertz CT molecular complexity index is 895. The van der Waals surface area contributed by atoms with E-state index in [1.54, 1.807) is 6.07 Å². The van der Waals surface area contributed by atoms with Crippen molar-refractivity contribution in [1.29, 1.82) is 0 Å². The molecular weight excluding hydrogens is 381 g/mol. The topological polar surface area (TPSA) is 65.5 Å². The second kappa shape index (κ2) is 8.98. The standard InChI is InChI=1S/C21H23F3N4O/c1-2-25-20(26-12-14-6-5-7-16(10-14)21(22,23)24)27-13-15-11-19(29)28-18-9-4-3-8-17(15)18/h3-10,15H,2,11-13H2,1H3,(H,28,29)(H2,25,26,27). The van der Waals surface area contributed by atoms with Gasteiger partial charge < -0.3 is 16.0 Å². The van der Waals surface area contributed by atoms with Gasteiger partial charge in [-0.1, -0.05) is 30.3 Å². The van der Waals surface area contributed by atoms with Crippen molar-refractivity contribution in [1.82, 2.24) is 10.6 Å². The minimum atomic E-state index is -4.38. The zero-order valence-electron chi connectivity index (χ0n) is 16.0. The average Bonchev–Trinajstić information content (AvgIpc) is 2.69. The number of carbonyl (C=O) groups is 1. The largest absolute Gasteiger partial charge is 0.416 e. The molecule has 0 aliphatic carbocycles. The number of benzene rings is 2. The van der Waals surface area contributed by atoms with E-state index in [0.29, 0.717) is 31.0 Å². The fourth-order valence-corrected chi connectivity index (χ4v) is 3.26. The first-order valence-electron chi connectivity index (χ1n) is 9.44. The molecule has 0 spiro atoms. The summed E-state index contributed by atoms with van der Waals surface area (Å²) in [5.74, 6) is 0.437. The Morgan fingerprint density at radius 3 is 2.72 bits per heavy atom. The fourth-order valence-electron chi connectivity index (χ4n) is 3.26. The van der Waals surface area contributed by atoms with E-state index in [1.807, 2.05) is 31.2 Å². The molecule has 1 atom stereocenters. The zero-order chi connectivity index (χ0) is 20.9. The third-order valence-corrected chi connectivity index (χ3v) is 4.64. The van der Waals surface area contributed by atoms with E-state index in [-0.39, 0.29) is 18.4 Å². The number of guanidine groups is 1. The summed E-state index contributed by atoms with van der Waals surface area (Å²) < 4.78 is 38.6. The number of halogens is 3. The minimum absolute atomic E-state index is 0.0163. The highest BCUT2D eigenvalue weighted by atomic mass is 19.4. The lowest BCUT2D eigenvalue weighted by molar-refractivity contribution is -0.137. The van der Waals surface area contributed by atoms with E-state index in [1.165, 1.54) is 6.07 Å². The average molecular weight is 404 g/mol. The molecule has 0 radical (unpaired) electrons. The van der Waals surface area contributed by atoms with Crippen LogP contribution in [0.3, 0.4) is 0 Å². The lowest BCUT2D eigenvalue weighted by Crippen LogP contribution is -2.40. The molecule has 3 rings (SSSR count). The molecule has 5 nitrogen and oxygen atoms in total. The van der Waals surface area contributed by atoms with Gasteiger partial charge in [0.05, 0.1) is 12.1 Å². The van der Waals surface area contributed by atoms with Crippen molar-refractivity contribution >= 4 is 17.6 Å². The van der Waals surface area contributed by atoms with Gasteiger partial charge in [-0.25, -0.2) is 4.99 Å². The molecule has 2 aromatic rings. The number of hydrogen-bond acceptors (Lipinski definition) is 2. The Morgan fingerprint density at radius 1 is 1.17 bits per heavy atom. The molecule has 1 aliphatic rings. The molecule has 154 valence electrons. The summed E-state index contributed by atoms with van der Waals surface area (Å²) >= 11 is 0. The number of carbonyl (C=O) groups excluding carboxylic acids is 1.